The maximum atomic E-state index is 10.6. The van der Waals surface area contributed by atoms with E-state index in [-0.39, 0.29) is 12.3 Å². The lowest BCUT2D eigenvalue weighted by Gasteiger charge is -2.10. The summed E-state index contributed by atoms with van der Waals surface area (Å²) in [5.74, 6) is 1.16. The molecule has 0 fully saturated rings. The fourth-order valence-electron chi connectivity index (χ4n) is 2.38. The van der Waals surface area contributed by atoms with Gasteiger partial charge in [0.05, 0.1) is 5.92 Å². The minimum atomic E-state index is -0.790. The molecule has 20 heavy (non-hydrogen) atoms. The molecule has 1 N–H and O–H groups in total. The predicted octanol–water partition coefficient (Wildman–Crippen LogP) is 1.78. The summed E-state index contributed by atoms with van der Waals surface area (Å²) in [4.78, 5) is 11.8. The zero-order chi connectivity index (χ0) is 13.9. The van der Waals surface area contributed by atoms with Gasteiger partial charge in [-0.15, -0.1) is 16.9 Å². The molecule has 1 aromatic heterocycles. The van der Waals surface area contributed by atoms with Crippen molar-refractivity contribution in [1.29, 1.82) is 0 Å². The first-order valence-corrected chi connectivity index (χ1v) is 7.44. The summed E-state index contributed by atoms with van der Waals surface area (Å²) in [6.07, 6.45) is 0.671. The third kappa shape index (κ3) is 2.53. The number of carboxylic acid groups (broad SMARTS) is 1. The van der Waals surface area contributed by atoms with Crippen molar-refractivity contribution in [2.24, 2.45) is 0 Å². The molecule has 1 aliphatic rings. The molecule has 0 radical (unpaired) electrons. The summed E-state index contributed by atoms with van der Waals surface area (Å²) in [5, 5.41) is 20.6. The number of hydrogen-bond acceptors (Lipinski definition) is 5. The number of aliphatic carboxylic acids is 1. The Labute approximate surface area is 120 Å². The summed E-state index contributed by atoms with van der Waals surface area (Å²) < 4.78 is 1.73. The number of nitrogens with zero attached hydrogens (tertiary/aromatic N) is 4. The fraction of sp³-hybridized carbons (Fsp3) is 0.385. The molecule has 0 saturated heterocycles. The molecule has 3 rings (SSSR count). The molecule has 2 heterocycles. The predicted molar refractivity (Wildman–Crippen MR) is 73.7 cm³/mol. The molecule has 0 saturated carbocycles. The van der Waals surface area contributed by atoms with E-state index in [4.69, 9.17) is 5.11 Å². The first kappa shape index (κ1) is 13.1. The van der Waals surface area contributed by atoms with Gasteiger partial charge in [0.2, 0.25) is 0 Å². The average Bonchev–Trinajstić information content (AvgIpc) is 3.04. The summed E-state index contributed by atoms with van der Waals surface area (Å²) >= 11 is 1.81. The second-order valence-electron chi connectivity index (χ2n) is 4.66. The Hall–Kier alpha value is -1.89. The lowest BCUT2D eigenvalue weighted by Crippen LogP contribution is -2.12. The zero-order valence-corrected chi connectivity index (χ0v) is 11.6. The Morgan fingerprint density at radius 1 is 1.45 bits per heavy atom. The van der Waals surface area contributed by atoms with Gasteiger partial charge < -0.3 is 5.11 Å². The van der Waals surface area contributed by atoms with Gasteiger partial charge in [-0.05, 0) is 28.5 Å². The first-order valence-electron chi connectivity index (χ1n) is 6.45. The third-order valence-electron chi connectivity index (χ3n) is 3.33. The van der Waals surface area contributed by atoms with E-state index in [1.807, 2.05) is 23.9 Å². The Morgan fingerprint density at radius 3 is 3.15 bits per heavy atom. The van der Waals surface area contributed by atoms with Gasteiger partial charge in [-0.2, -0.15) is 0 Å². The van der Waals surface area contributed by atoms with Gasteiger partial charge in [0, 0.05) is 23.6 Å². The van der Waals surface area contributed by atoms with Gasteiger partial charge in [0.15, 0.2) is 5.82 Å². The van der Waals surface area contributed by atoms with Crippen molar-refractivity contribution in [3.8, 4) is 0 Å². The Kier molecular flexibility index (Phi) is 3.68. The monoisotopic (exact) mass is 290 g/mol. The standard InChI is InChI=1S/C13H14N4O2S/c18-12(19)6-3-7-17-13(14-15-16-17)10-8-20-11-5-2-1-4-9(10)11/h1-2,4-5,10H,3,6-8H2,(H,18,19). The van der Waals surface area contributed by atoms with Crippen LogP contribution in [0.25, 0.3) is 0 Å². The molecule has 0 spiro atoms. The van der Waals surface area contributed by atoms with E-state index in [1.54, 1.807) is 4.68 Å². The average molecular weight is 290 g/mol. The lowest BCUT2D eigenvalue weighted by molar-refractivity contribution is -0.137. The first-order chi connectivity index (χ1) is 9.75. The number of rotatable bonds is 5. The van der Waals surface area contributed by atoms with Crippen molar-refractivity contribution in [3.63, 3.8) is 0 Å². The van der Waals surface area contributed by atoms with Crippen molar-refractivity contribution in [2.45, 2.75) is 30.2 Å². The van der Waals surface area contributed by atoms with Gasteiger partial charge in [0.25, 0.3) is 0 Å². The van der Waals surface area contributed by atoms with E-state index in [9.17, 15) is 4.79 Å². The van der Waals surface area contributed by atoms with Crippen molar-refractivity contribution in [3.05, 3.63) is 35.7 Å². The number of fused-ring (bicyclic) bond motifs is 1. The molecule has 2 aromatic rings. The van der Waals surface area contributed by atoms with E-state index in [0.29, 0.717) is 13.0 Å². The summed E-state index contributed by atoms with van der Waals surface area (Å²) in [6, 6.07) is 8.27. The van der Waals surface area contributed by atoms with Crippen LogP contribution >= 0.6 is 11.8 Å². The second-order valence-corrected chi connectivity index (χ2v) is 5.72. The van der Waals surface area contributed by atoms with Crippen LogP contribution in [-0.2, 0) is 11.3 Å². The maximum absolute atomic E-state index is 10.6. The van der Waals surface area contributed by atoms with Crippen molar-refractivity contribution in [2.75, 3.05) is 5.75 Å². The van der Waals surface area contributed by atoms with Gasteiger partial charge in [-0.25, -0.2) is 4.68 Å². The Morgan fingerprint density at radius 2 is 2.30 bits per heavy atom. The van der Waals surface area contributed by atoms with Gasteiger partial charge in [0.1, 0.15) is 0 Å². The van der Waals surface area contributed by atoms with Crippen molar-refractivity contribution >= 4 is 17.7 Å². The van der Waals surface area contributed by atoms with Crippen LogP contribution in [0.2, 0.25) is 0 Å². The number of carboxylic acids is 1. The largest absolute Gasteiger partial charge is 0.481 e. The summed E-state index contributed by atoms with van der Waals surface area (Å²) in [5.41, 5.74) is 1.26. The normalized spacial score (nSPS) is 17.1. The van der Waals surface area contributed by atoms with Crippen LogP contribution in [-0.4, -0.2) is 37.0 Å². The van der Waals surface area contributed by atoms with Gasteiger partial charge >= 0.3 is 5.97 Å². The lowest BCUT2D eigenvalue weighted by atomic mass is 10.0. The van der Waals surface area contributed by atoms with Crippen molar-refractivity contribution in [1.82, 2.24) is 20.2 Å². The van der Waals surface area contributed by atoms with E-state index in [0.717, 1.165) is 11.6 Å². The highest BCUT2D eigenvalue weighted by Gasteiger charge is 2.28. The van der Waals surface area contributed by atoms with Crippen LogP contribution in [0.3, 0.4) is 0 Å². The molecule has 0 amide bonds. The highest BCUT2D eigenvalue weighted by molar-refractivity contribution is 7.99. The van der Waals surface area contributed by atoms with Gasteiger partial charge in [-0.3, -0.25) is 4.79 Å². The third-order valence-corrected chi connectivity index (χ3v) is 4.51. The SMILES string of the molecule is O=C(O)CCCn1nnnc1C1CSc2ccccc21. The number of tetrazole rings is 1. The molecule has 0 aliphatic carbocycles. The minimum Gasteiger partial charge on any atom is -0.481 e. The van der Waals surface area contributed by atoms with E-state index < -0.39 is 5.97 Å². The Bertz CT molecular complexity index is 628. The smallest absolute Gasteiger partial charge is 0.303 e. The number of aryl methyl sites for hydroxylation is 1. The van der Waals surface area contributed by atoms with Crippen LogP contribution in [0.15, 0.2) is 29.2 Å². The molecule has 1 unspecified atom stereocenters. The van der Waals surface area contributed by atoms with E-state index in [2.05, 4.69) is 27.7 Å². The molecular formula is C13H14N4O2S. The van der Waals surface area contributed by atoms with Crippen LogP contribution in [0.1, 0.15) is 30.1 Å². The topological polar surface area (TPSA) is 80.9 Å². The Balaban J connectivity index is 1.79. The van der Waals surface area contributed by atoms with Crippen LogP contribution in [0, 0.1) is 0 Å². The quantitative estimate of drug-likeness (QED) is 0.904. The second kappa shape index (κ2) is 5.62. The summed E-state index contributed by atoms with van der Waals surface area (Å²) in [6.45, 7) is 0.540. The molecule has 7 heteroatoms. The molecule has 104 valence electrons. The maximum Gasteiger partial charge on any atom is 0.303 e. The summed E-state index contributed by atoms with van der Waals surface area (Å²) in [7, 11) is 0. The zero-order valence-electron chi connectivity index (χ0n) is 10.8. The molecule has 1 atom stereocenters. The highest BCUT2D eigenvalue weighted by Crippen LogP contribution is 2.41. The number of hydrogen-bond donors (Lipinski definition) is 1. The minimum absolute atomic E-state index is 0.134. The highest BCUT2D eigenvalue weighted by atomic mass is 32.2. The van der Waals surface area contributed by atoms with Crippen LogP contribution < -0.4 is 0 Å². The number of thioether (sulfide) groups is 1. The number of benzene rings is 1. The van der Waals surface area contributed by atoms with Crippen LogP contribution in [0.4, 0.5) is 0 Å². The van der Waals surface area contributed by atoms with E-state index in [1.165, 1.54) is 10.5 Å². The van der Waals surface area contributed by atoms with Crippen molar-refractivity contribution < 1.29 is 9.90 Å². The van der Waals surface area contributed by atoms with Gasteiger partial charge in [-0.1, -0.05) is 18.2 Å². The number of aromatic nitrogens is 4. The molecule has 1 aliphatic heterocycles. The van der Waals surface area contributed by atoms with Crippen LogP contribution in [0.5, 0.6) is 0 Å². The number of carbonyl (C=O) groups is 1. The molecule has 6 nitrogen and oxygen atoms in total. The molecule has 0 bridgehead atoms. The fourth-order valence-corrected chi connectivity index (χ4v) is 3.60. The molecule has 1 aromatic carbocycles. The van der Waals surface area contributed by atoms with E-state index >= 15 is 0 Å². The molecular weight excluding hydrogens is 276 g/mol.